The SMILES string of the molecule is CCC(SCCCC1CCCO1)C(=O)O. The Labute approximate surface area is 95.6 Å². The molecule has 2 unspecified atom stereocenters. The summed E-state index contributed by atoms with van der Waals surface area (Å²) >= 11 is 1.56. The summed E-state index contributed by atoms with van der Waals surface area (Å²) in [6.45, 7) is 2.83. The highest BCUT2D eigenvalue weighted by Crippen LogP contribution is 2.21. The van der Waals surface area contributed by atoms with E-state index in [4.69, 9.17) is 9.84 Å². The maximum absolute atomic E-state index is 10.7. The first-order valence-corrected chi connectivity index (χ1v) is 6.75. The highest BCUT2D eigenvalue weighted by Gasteiger charge is 2.17. The van der Waals surface area contributed by atoms with Crippen LogP contribution in [0.5, 0.6) is 0 Å². The van der Waals surface area contributed by atoms with Crippen molar-refractivity contribution in [2.75, 3.05) is 12.4 Å². The fraction of sp³-hybridized carbons (Fsp3) is 0.909. The van der Waals surface area contributed by atoms with Crippen LogP contribution < -0.4 is 0 Å². The van der Waals surface area contributed by atoms with E-state index in [2.05, 4.69) is 0 Å². The summed E-state index contributed by atoms with van der Waals surface area (Å²) in [6.07, 6.45) is 5.67. The number of thioether (sulfide) groups is 1. The van der Waals surface area contributed by atoms with Gasteiger partial charge in [0.05, 0.1) is 6.10 Å². The summed E-state index contributed by atoms with van der Waals surface area (Å²) in [5, 5.41) is 8.61. The summed E-state index contributed by atoms with van der Waals surface area (Å²) in [5.41, 5.74) is 0. The minimum absolute atomic E-state index is 0.227. The number of carboxylic acid groups (broad SMARTS) is 1. The van der Waals surface area contributed by atoms with E-state index in [9.17, 15) is 4.79 Å². The molecule has 0 aromatic rings. The zero-order valence-corrected chi connectivity index (χ0v) is 10.1. The summed E-state index contributed by atoms with van der Waals surface area (Å²) in [4.78, 5) is 10.7. The van der Waals surface area contributed by atoms with Crippen LogP contribution in [0.4, 0.5) is 0 Å². The van der Waals surface area contributed by atoms with Gasteiger partial charge in [0.1, 0.15) is 5.25 Å². The number of hydrogen-bond donors (Lipinski definition) is 1. The largest absolute Gasteiger partial charge is 0.480 e. The molecule has 1 saturated heterocycles. The van der Waals surface area contributed by atoms with Crippen molar-refractivity contribution in [2.45, 2.75) is 50.4 Å². The van der Waals surface area contributed by atoms with Crippen molar-refractivity contribution in [1.29, 1.82) is 0 Å². The molecule has 0 bridgehead atoms. The molecule has 3 nitrogen and oxygen atoms in total. The molecule has 1 aliphatic heterocycles. The Kier molecular flexibility index (Phi) is 6.10. The van der Waals surface area contributed by atoms with E-state index >= 15 is 0 Å². The van der Waals surface area contributed by atoms with Crippen LogP contribution in [0.2, 0.25) is 0 Å². The van der Waals surface area contributed by atoms with Gasteiger partial charge >= 0.3 is 5.97 Å². The molecule has 0 aromatic heterocycles. The van der Waals surface area contributed by atoms with Gasteiger partial charge in [0.2, 0.25) is 0 Å². The molecule has 4 heteroatoms. The van der Waals surface area contributed by atoms with Crippen LogP contribution in [0.15, 0.2) is 0 Å². The Morgan fingerprint density at radius 3 is 3.00 bits per heavy atom. The van der Waals surface area contributed by atoms with Gasteiger partial charge in [-0.2, -0.15) is 0 Å². The highest BCUT2D eigenvalue weighted by atomic mass is 32.2. The van der Waals surface area contributed by atoms with Gasteiger partial charge < -0.3 is 9.84 Å². The van der Waals surface area contributed by atoms with Crippen LogP contribution in [0.1, 0.15) is 39.0 Å². The molecule has 1 heterocycles. The quantitative estimate of drug-likeness (QED) is 0.685. The predicted octanol–water partition coefficient (Wildman–Crippen LogP) is 2.54. The fourth-order valence-corrected chi connectivity index (χ4v) is 2.77. The molecule has 1 rings (SSSR count). The topological polar surface area (TPSA) is 46.5 Å². The van der Waals surface area contributed by atoms with Crippen molar-refractivity contribution in [3.63, 3.8) is 0 Å². The molecule has 0 saturated carbocycles. The third-order valence-electron chi connectivity index (χ3n) is 2.66. The van der Waals surface area contributed by atoms with Gasteiger partial charge in [-0.25, -0.2) is 0 Å². The Balaban J connectivity index is 2.02. The monoisotopic (exact) mass is 232 g/mol. The first-order valence-electron chi connectivity index (χ1n) is 5.70. The van der Waals surface area contributed by atoms with Crippen molar-refractivity contribution < 1.29 is 14.6 Å². The van der Waals surface area contributed by atoms with E-state index in [0.29, 0.717) is 12.5 Å². The van der Waals surface area contributed by atoms with Crippen LogP contribution in [0, 0.1) is 0 Å². The Morgan fingerprint density at radius 2 is 2.47 bits per heavy atom. The molecular weight excluding hydrogens is 212 g/mol. The Morgan fingerprint density at radius 1 is 1.67 bits per heavy atom. The second-order valence-corrected chi connectivity index (χ2v) is 5.19. The molecule has 15 heavy (non-hydrogen) atoms. The second-order valence-electron chi connectivity index (χ2n) is 3.88. The lowest BCUT2D eigenvalue weighted by Crippen LogP contribution is -2.15. The molecule has 1 aliphatic rings. The third-order valence-corrected chi connectivity index (χ3v) is 4.12. The van der Waals surface area contributed by atoms with Crippen molar-refractivity contribution in [2.24, 2.45) is 0 Å². The number of aliphatic carboxylic acids is 1. The standard InChI is InChI=1S/C11H20O3S/c1-2-10(11(12)13)15-8-4-6-9-5-3-7-14-9/h9-10H,2-8H2,1H3,(H,12,13). The molecule has 0 amide bonds. The second kappa shape index (κ2) is 7.12. The van der Waals surface area contributed by atoms with Crippen molar-refractivity contribution in [3.8, 4) is 0 Å². The molecule has 0 spiro atoms. The first kappa shape index (κ1) is 12.8. The Hall–Kier alpha value is -0.220. The predicted molar refractivity (Wildman–Crippen MR) is 62.4 cm³/mol. The zero-order valence-electron chi connectivity index (χ0n) is 9.28. The van der Waals surface area contributed by atoms with Crippen LogP contribution in [0.3, 0.4) is 0 Å². The lowest BCUT2D eigenvalue weighted by Gasteiger charge is -2.11. The highest BCUT2D eigenvalue weighted by molar-refractivity contribution is 8.00. The fourth-order valence-electron chi connectivity index (χ4n) is 1.77. The van der Waals surface area contributed by atoms with Crippen LogP contribution in [-0.2, 0) is 9.53 Å². The molecule has 1 fully saturated rings. The molecule has 88 valence electrons. The Bertz CT molecular complexity index is 190. The van der Waals surface area contributed by atoms with E-state index in [0.717, 1.165) is 25.2 Å². The van der Waals surface area contributed by atoms with Gasteiger partial charge in [0.25, 0.3) is 0 Å². The normalized spacial score (nSPS) is 22.9. The average Bonchev–Trinajstić information content (AvgIpc) is 2.70. The van der Waals surface area contributed by atoms with Crippen LogP contribution >= 0.6 is 11.8 Å². The summed E-state index contributed by atoms with van der Waals surface area (Å²) in [5.74, 6) is 0.254. The summed E-state index contributed by atoms with van der Waals surface area (Å²) in [6, 6.07) is 0. The maximum atomic E-state index is 10.7. The van der Waals surface area contributed by atoms with Gasteiger partial charge in [-0.15, -0.1) is 11.8 Å². The molecule has 0 aliphatic carbocycles. The van der Waals surface area contributed by atoms with E-state index in [1.807, 2.05) is 6.92 Å². The number of ether oxygens (including phenoxy) is 1. The molecule has 1 N–H and O–H groups in total. The van der Waals surface area contributed by atoms with E-state index in [1.165, 1.54) is 12.8 Å². The summed E-state index contributed by atoms with van der Waals surface area (Å²) < 4.78 is 5.51. The van der Waals surface area contributed by atoms with E-state index in [1.54, 1.807) is 11.8 Å². The van der Waals surface area contributed by atoms with Crippen molar-refractivity contribution >= 4 is 17.7 Å². The minimum atomic E-state index is -0.681. The van der Waals surface area contributed by atoms with E-state index < -0.39 is 5.97 Å². The third kappa shape index (κ3) is 4.89. The van der Waals surface area contributed by atoms with Crippen molar-refractivity contribution in [3.05, 3.63) is 0 Å². The lowest BCUT2D eigenvalue weighted by molar-refractivity contribution is -0.136. The average molecular weight is 232 g/mol. The van der Waals surface area contributed by atoms with E-state index in [-0.39, 0.29) is 5.25 Å². The smallest absolute Gasteiger partial charge is 0.316 e. The zero-order chi connectivity index (χ0) is 11.1. The summed E-state index contributed by atoms with van der Waals surface area (Å²) in [7, 11) is 0. The molecular formula is C11H20O3S. The number of carbonyl (C=O) groups is 1. The maximum Gasteiger partial charge on any atom is 0.316 e. The van der Waals surface area contributed by atoms with Gasteiger partial charge in [-0.3, -0.25) is 4.79 Å². The molecule has 2 atom stereocenters. The van der Waals surface area contributed by atoms with Crippen LogP contribution in [-0.4, -0.2) is 34.8 Å². The minimum Gasteiger partial charge on any atom is -0.480 e. The first-order chi connectivity index (χ1) is 7.24. The lowest BCUT2D eigenvalue weighted by atomic mass is 10.1. The molecule has 0 aromatic carbocycles. The van der Waals surface area contributed by atoms with Gasteiger partial charge in [0.15, 0.2) is 0 Å². The van der Waals surface area contributed by atoms with Crippen molar-refractivity contribution in [1.82, 2.24) is 0 Å². The van der Waals surface area contributed by atoms with Gasteiger partial charge in [-0.1, -0.05) is 6.92 Å². The van der Waals surface area contributed by atoms with Crippen LogP contribution in [0.25, 0.3) is 0 Å². The number of hydrogen-bond acceptors (Lipinski definition) is 3. The number of carboxylic acids is 1. The number of rotatable bonds is 7. The van der Waals surface area contributed by atoms with Gasteiger partial charge in [0, 0.05) is 6.61 Å². The molecule has 0 radical (unpaired) electrons. The van der Waals surface area contributed by atoms with Gasteiger partial charge in [-0.05, 0) is 37.9 Å².